The number of aryl methyl sites for hydroxylation is 1. The van der Waals surface area contributed by atoms with E-state index in [2.05, 4.69) is 14.7 Å². The average Bonchev–Trinajstić information content (AvgIpc) is 2.68. The minimum atomic E-state index is -0.442. The summed E-state index contributed by atoms with van der Waals surface area (Å²) >= 11 is 0. The maximum absolute atomic E-state index is 11.0. The van der Waals surface area contributed by atoms with Crippen LogP contribution in [0.15, 0.2) is 21.8 Å². The van der Waals surface area contributed by atoms with Gasteiger partial charge in [-0.1, -0.05) is 5.16 Å². The Morgan fingerprint density at radius 2 is 2.29 bits per heavy atom. The lowest BCUT2D eigenvalue weighted by Crippen LogP contribution is -2.13. The normalized spacial score (nSPS) is 10.7. The Labute approximate surface area is 79.8 Å². The van der Waals surface area contributed by atoms with E-state index in [1.165, 1.54) is 4.57 Å². The van der Waals surface area contributed by atoms with Gasteiger partial charge >= 0.3 is 5.76 Å². The fourth-order valence-corrected chi connectivity index (χ4v) is 1.19. The minimum absolute atomic E-state index is 0.442. The Bertz CT molecular complexity index is 493. The third-order valence-electron chi connectivity index (χ3n) is 2.15. The molecule has 0 saturated heterocycles. The first-order chi connectivity index (χ1) is 6.68. The molecular weight excluding hydrogens is 184 g/mol. The van der Waals surface area contributed by atoms with E-state index in [4.69, 9.17) is 0 Å². The molecule has 6 nitrogen and oxygen atoms in total. The second-order valence-electron chi connectivity index (χ2n) is 3.10. The van der Waals surface area contributed by atoms with Crippen LogP contribution in [0.1, 0.15) is 11.5 Å². The SMILES string of the molecule is Cn1cncc1Cc1noc(=O)n1C. The van der Waals surface area contributed by atoms with E-state index in [0.29, 0.717) is 12.2 Å². The molecule has 0 radical (unpaired) electrons. The van der Waals surface area contributed by atoms with Crippen molar-refractivity contribution in [3.8, 4) is 0 Å². The summed E-state index contributed by atoms with van der Waals surface area (Å²) in [4.78, 5) is 14.9. The molecule has 2 heterocycles. The van der Waals surface area contributed by atoms with Crippen LogP contribution < -0.4 is 5.76 Å². The number of hydrogen-bond donors (Lipinski definition) is 0. The van der Waals surface area contributed by atoms with Crippen molar-refractivity contribution < 1.29 is 4.52 Å². The molecule has 0 aliphatic rings. The molecule has 0 atom stereocenters. The van der Waals surface area contributed by atoms with E-state index in [1.54, 1.807) is 19.6 Å². The standard InChI is InChI=1S/C8H10N4O2/c1-11-5-9-4-6(11)3-7-10-14-8(13)12(7)2/h4-5H,3H2,1-2H3. The molecule has 0 fully saturated rings. The Hall–Kier alpha value is -1.85. The Kier molecular flexibility index (Phi) is 1.95. The van der Waals surface area contributed by atoms with Crippen LogP contribution in [0.3, 0.4) is 0 Å². The highest BCUT2D eigenvalue weighted by Gasteiger charge is 2.08. The minimum Gasteiger partial charge on any atom is -0.337 e. The highest BCUT2D eigenvalue weighted by Crippen LogP contribution is 2.03. The summed E-state index contributed by atoms with van der Waals surface area (Å²) in [6.07, 6.45) is 3.98. The lowest BCUT2D eigenvalue weighted by molar-refractivity contribution is 0.376. The van der Waals surface area contributed by atoms with Gasteiger partial charge in [0.15, 0.2) is 5.82 Å². The predicted octanol–water partition coefficient (Wildman–Crippen LogP) is -0.302. The van der Waals surface area contributed by atoms with Crippen molar-refractivity contribution in [3.63, 3.8) is 0 Å². The zero-order valence-electron chi connectivity index (χ0n) is 7.97. The lowest BCUT2D eigenvalue weighted by atomic mass is 10.3. The summed E-state index contributed by atoms with van der Waals surface area (Å²) < 4.78 is 7.77. The van der Waals surface area contributed by atoms with Gasteiger partial charge in [-0.2, -0.15) is 0 Å². The Balaban J connectivity index is 2.32. The highest BCUT2D eigenvalue weighted by atomic mass is 16.5. The van der Waals surface area contributed by atoms with Crippen molar-refractivity contribution >= 4 is 0 Å². The fourth-order valence-electron chi connectivity index (χ4n) is 1.19. The van der Waals surface area contributed by atoms with Gasteiger partial charge in [0.25, 0.3) is 0 Å². The van der Waals surface area contributed by atoms with Crippen LogP contribution in [-0.4, -0.2) is 19.3 Å². The molecule has 2 aromatic heterocycles. The van der Waals surface area contributed by atoms with Crippen molar-refractivity contribution in [1.29, 1.82) is 0 Å². The first-order valence-electron chi connectivity index (χ1n) is 4.15. The topological polar surface area (TPSA) is 65.8 Å². The third-order valence-corrected chi connectivity index (χ3v) is 2.15. The zero-order valence-corrected chi connectivity index (χ0v) is 7.97. The van der Waals surface area contributed by atoms with Crippen LogP contribution in [0.2, 0.25) is 0 Å². The Morgan fingerprint density at radius 1 is 1.50 bits per heavy atom. The average molecular weight is 194 g/mol. The summed E-state index contributed by atoms with van der Waals surface area (Å²) in [5, 5.41) is 3.67. The summed E-state index contributed by atoms with van der Waals surface area (Å²) in [5.41, 5.74) is 0.980. The number of rotatable bonds is 2. The van der Waals surface area contributed by atoms with Gasteiger partial charge < -0.3 is 4.57 Å². The van der Waals surface area contributed by atoms with Crippen LogP contribution in [0.25, 0.3) is 0 Å². The number of imidazole rings is 1. The van der Waals surface area contributed by atoms with Gasteiger partial charge in [0.05, 0.1) is 12.7 Å². The van der Waals surface area contributed by atoms with Crippen LogP contribution in [0.5, 0.6) is 0 Å². The maximum atomic E-state index is 11.0. The first kappa shape index (κ1) is 8.74. The van der Waals surface area contributed by atoms with Crippen molar-refractivity contribution in [2.75, 3.05) is 0 Å². The monoisotopic (exact) mass is 194 g/mol. The van der Waals surface area contributed by atoms with Gasteiger partial charge in [0.2, 0.25) is 0 Å². The van der Waals surface area contributed by atoms with Gasteiger partial charge in [-0.25, -0.2) is 9.78 Å². The second kappa shape index (κ2) is 3.13. The van der Waals surface area contributed by atoms with E-state index in [1.807, 2.05) is 11.6 Å². The van der Waals surface area contributed by atoms with Crippen LogP contribution in [-0.2, 0) is 20.5 Å². The summed E-state index contributed by atoms with van der Waals surface area (Å²) in [5.74, 6) is 0.153. The second-order valence-corrected chi connectivity index (χ2v) is 3.10. The van der Waals surface area contributed by atoms with E-state index in [9.17, 15) is 4.79 Å². The van der Waals surface area contributed by atoms with Crippen LogP contribution in [0.4, 0.5) is 0 Å². The maximum Gasteiger partial charge on any atom is 0.441 e. The Morgan fingerprint density at radius 3 is 2.79 bits per heavy atom. The smallest absolute Gasteiger partial charge is 0.337 e. The molecule has 0 aliphatic carbocycles. The molecule has 0 aliphatic heterocycles. The number of hydrogen-bond acceptors (Lipinski definition) is 4. The van der Waals surface area contributed by atoms with Crippen molar-refractivity contribution in [3.05, 3.63) is 34.6 Å². The van der Waals surface area contributed by atoms with Crippen molar-refractivity contribution in [2.24, 2.45) is 14.1 Å². The molecule has 0 spiro atoms. The third kappa shape index (κ3) is 1.34. The van der Waals surface area contributed by atoms with E-state index >= 15 is 0 Å². The molecule has 0 aromatic carbocycles. The summed E-state index contributed by atoms with van der Waals surface area (Å²) in [7, 11) is 3.52. The van der Waals surface area contributed by atoms with Gasteiger partial charge in [-0.3, -0.25) is 9.09 Å². The molecule has 14 heavy (non-hydrogen) atoms. The summed E-state index contributed by atoms with van der Waals surface area (Å²) in [6.45, 7) is 0. The molecule has 0 unspecified atom stereocenters. The molecule has 6 heteroatoms. The molecule has 0 amide bonds. The van der Waals surface area contributed by atoms with Gasteiger partial charge in [-0.15, -0.1) is 0 Å². The van der Waals surface area contributed by atoms with Crippen LogP contribution in [0, 0.1) is 0 Å². The highest BCUT2D eigenvalue weighted by molar-refractivity contribution is 5.05. The summed E-state index contributed by atoms with van der Waals surface area (Å²) in [6, 6.07) is 0. The van der Waals surface area contributed by atoms with Crippen LogP contribution >= 0.6 is 0 Å². The predicted molar refractivity (Wildman–Crippen MR) is 47.8 cm³/mol. The van der Waals surface area contributed by atoms with E-state index < -0.39 is 5.76 Å². The molecular formula is C8H10N4O2. The quantitative estimate of drug-likeness (QED) is 0.658. The van der Waals surface area contributed by atoms with E-state index in [-0.39, 0.29) is 0 Å². The lowest BCUT2D eigenvalue weighted by Gasteiger charge is -1.99. The largest absolute Gasteiger partial charge is 0.441 e. The van der Waals surface area contributed by atoms with E-state index in [0.717, 1.165) is 5.69 Å². The van der Waals surface area contributed by atoms with Gasteiger partial charge in [0.1, 0.15) is 0 Å². The molecule has 2 rings (SSSR count). The number of nitrogens with zero attached hydrogens (tertiary/aromatic N) is 4. The fraction of sp³-hybridized carbons (Fsp3) is 0.375. The molecule has 2 aromatic rings. The molecule has 0 N–H and O–H groups in total. The number of aromatic nitrogens is 4. The first-order valence-corrected chi connectivity index (χ1v) is 4.15. The zero-order chi connectivity index (χ0) is 10.1. The molecule has 0 bridgehead atoms. The van der Waals surface area contributed by atoms with Crippen molar-refractivity contribution in [2.45, 2.75) is 6.42 Å². The van der Waals surface area contributed by atoms with Crippen molar-refractivity contribution in [1.82, 2.24) is 19.3 Å². The van der Waals surface area contributed by atoms with Gasteiger partial charge in [0, 0.05) is 26.0 Å². The molecule has 0 saturated carbocycles. The van der Waals surface area contributed by atoms with Gasteiger partial charge in [-0.05, 0) is 0 Å². The molecule has 74 valence electrons.